The monoisotopic (exact) mass is 427 g/mol. The van der Waals surface area contributed by atoms with E-state index >= 15 is 0 Å². The fourth-order valence-corrected chi connectivity index (χ4v) is 5.88. The molecule has 2 heterocycles. The number of likely N-dealkylation sites (tertiary alicyclic amines) is 2. The molecule has 1 N–H and O–H groups in total. The van der Waals surface area contributed by atoms with Crippen LogP contribution in [0.2, 0.25) is 0 Å². The molecule has 2 atom stereocenters. The third-order valence-electron chi connectivity index (χ3n) is 6.36. The van der Waals surface area contributed by atoms with Gasteiger partial charge in [0.25, 0.3) is 5.91 Å². The highest BCUT2D eigenvalue weighted by molar-refractivity contribution is 7.89. The van der Waals surface area contributed by atoms with E-state index in [-0.39, 0.29) is 23.4 Å². The molecule has 6 nitrogen and oxygen atoms in total. The molecule has 2 aliphatic heterocycles. The Labute approximate surface area is 178 Å². The molecule has 0 bridgehead atoms. The number of carbonyl (C=O) groups is 1. The Morgan fingerprint density at radius 2 is 1.83 bits per heavy atom. The molecule has 2 fully saturated rings. The van der Waals surface area contributed by atoms with Crippen LogP contribution in [0, 0.1) is 12.8 Å². The summed E-state index contributed by atoms with van der Waals surface area (Å²) in [6, 6.07) is 14.6. The van der Waals surface area contributed by atoms with Crippen LogP contribution in [-0.2, 0) is 16.6 Å². The molecule has 0 spiro atoms. The maximum atomic E-state index is 13.3. The third kappa shape index (κ3) is 4.29. The number of aryl methyl sites for hydroxylation is 1. The number of hydrogen-bond acceptors (Lipinski definition) is 4. The fraction of sp³-hybridized carbons (Fsp3) is 0.435. The van der Waals surface area contributed by atoms with E-state index in [0.29, 0.717) is 17.0 Å². The third-order valence-corrected chi connectivity index (χ3v) is 7.90. The lowest BCUT2D eigenvalue weighted by atomic mass is 9.92. The lowest BCUT2D eigenvalue weighted by Gasteiger charge is -2.36. The number of benzene rings is 2. The van der Waals surface area contributed by atoms with Crippen molar-refractivity contribution in [1.82, 2.24) is 14.5 Å². The van der Waals surface area contributed by atoms with Crippen molar-refractivity contribution in [2.45, 2.75) is 37.2 Å². The van der Waals surface area contributed by atoms with Gasteiger partial charge in [0.2, 0.25) is 10.0 Å². The largest absolute Gasteiger partial charge is 0.334 e. The average molecular weight is 428 g/mol. The van der Waals surface area contributed by atoms with Crippen molar-refractivity contribution < 1.29 is 13.2 Å². The molecule has 160 valence electrons. The average Bonchev–Trinajstić information content (AvgIpc) is 3.16. The van der Waals surface area contributed by atoms with Gasteiger partial charge in [0.15, 0.2) is 0 Å². The lowest BCUT2D eigenvalue weighted by molar-refractivity contribution is 0.0631. The Morgan fingerprint density at radius 3 is 2.60 bits per heavy atom. The standard InChI is InChI=1S/C23H29N3O3S/c1-17-8-9-20(23(27)26-13-11-19-10-12-25(2)16-21(19)26)14-22(17)30(28,29)24-15-18-6-4-3-5-7-18/h3-9,14,19,21,24H,10-13,15-16H2,1-2H3/t19-,21+/m1/s1. The molecule has 1 amide bonds. The molecule has 0 aromatic heterocycles. The molecular formula is C23H29N3O3S. The van der Waals surface area contributed by atoms with Crippen molar-refractivity contribution in [2.24, 2.45) is 5.92 Å². The van der Waals surface area contributed by atoms with Crippen LogP contribution in [0.3, 0.4) is 0 Å². The smallest absolute Gasteiger partial charge is 0.254 e. The van der Waals surface area contributed by atoms with Crippen molar-refractivity contribution in [1.29, 1.82) is 0 Å². The summed E-state index contributed by atoms with van der Waals surface area (Å²) in [4.78, 5) is 17.7. The van der Waals surface area contributed by atoms with Gasteiger partial charge in [-0.1, -0.05) is 36.4 Å². The van der Waals surface area contributed by atoms with Crippen molar-refractivity contribution in [3.05, 3.63) is 65.2 Å². The topological polar surface area (TPSA) is 69.7 Å². The van der Waals surface area contributed by atoms with Crippen LogP contribution in [-0.4, -0.2) is 56.8 Å². The Morgan fingerprint density at radius 1 is 1.10 bits per heavy atom. The van der Waals surface area contributed by atoms with Gasteiger partial charge in [0.1, 0.15) is 0 Å². The van der Waals surface area contributed by atoms with Crippen LogP contribution in [0.25, 0.3) is 0 Å². The highest BCUT2D eigenvalue weighted by Gasteiger charge is 2.40. The highest BCUT2D eigenvalue weighted by atomic mass is 32.2. The quantitative estimate of drug-likeness (QED) is 0.797. The molecule has 30 heavy (non-hydrogen) atoms. The first-order valence-electron chi connectivity index (χ1n) is 10.5. The number of nitrogens with zero attached hydrogens (tertiary/aromatic N) is 2. The maximum absolute atomic E-state index is 13.3. The Hall–Kier alpha value is -2.22. The van der Waals surface area contributed by atoms with Crippen LogP contribution in [0.15, 0.2) is 53.4 Å². The maximum Gasteiger partial charge on any atom is 0.254 e. The zero-order chi connectivity index (χ0) is 21.3. The Kier molecular flexibility index (Phi) is 5.95. The van der Waals surface area contributed by atoms with E-state index in [1.165, 1.54) is 6.07 Å². The van der Waals surface area contributed by atoms with Crippen molar-refractivity contribution in [2.75, 3.05) is 26.7 Å². The summed E-state index contributed by atoms with van der Waals surface area (Å²) in [7, 11) is -1.64. The van der Waals surface area contributed by atoms with E-state index in [4.69, 9.17) is 0 Å². The minimum absolute atomic E-state index is 0.0719. The molecule has 0 aliphatic carbocycles. The first kappa shape index (κ1) is 21.0. The Balaban J connectivity index is 1.54. The number of rotatable bonds is 5. The summed E-state index contributed by atoms with van der Waals surface area (Å²) >= 11 is 0. The summed E-state index contributed by atoms with van der Waals surface area (Å²) in [5, 5.41) is 0. The molecule has 2 aliphatic rings. The summed E-state index contributed by atoms with van der Waals surface area (Å²) in [5.41, 5.74) is 1.95. The first-order valence-corrected chi connectivity index (χ1v) is 12.0. The predicted molar refractivity (Wildman–Crippen MR) is 117 cm³/mol. The number of amides is 1. The first-order chi connectivity index (χ1) is 14.3. The predicted octanol–water partition coefficient (Wildman–Crippen LogP) is 2.64. The Bertz CT molecular complexity index is 1020. The second-order valence-electron chi connectivity index (χ2n) is 8.46. The molecule has 4 rings (SSSR count). The van der Waals surface area contributed by atoms with Gasteiger partial charge in [-0.05, 0) is 62.5 Å². The summed E-state index contributed by atoms with van der Waals surface area (Å²) < 4.78 is 28.6. The van der Waals surface area contributed by atoms with E-state index in [9.17, 15) is 13.2 Å². The van der Waals surface area contributed by atoms with E-state index in [2.05, 4.69) is 16.7 Å². The van der Waals surface area contributed by atoms with E-state index in [0.717, 1.165) is 38.0 Å². The van der Waals surface area contributed by atoms with Crippen LogP contribution >= 0.6 is 0 Å². The fourth-order valence-electron chi connectivity index (χ4n) is 4.59. The number of piperidine rings is 1. The second kappa shape index (κ2) is 8.49. The van der Waals surface area contributed by atoms with E-state index in [1.807, 2.05) is 35.2 Å². The van der Waals surface area contributed by atoms with Crippen LogP contribution in [0.5, 0.6) is 0 Å². The summed E-state index contributed by atoms with van der Waals surface area (Å²) in [6.07, 6.45) is 2.14. The SMILES string of the molecule is Cc1ccc(C(=O)N2CC[C@H]3CCN(C)C[C@@H]32)cc1S(=O)(=O)NCc1ccccc1. The van der Waals surface area contributed by atoms with Gasteiger partial charge < -0.3 is 9.80 Å². The highest BCUT2D eigenvalue weighted by Crippen LogP contribution is 2.32. The van der Waals surface area contributed by atoms with Crippen molar-refractivity contribution in [3.8, 4) is 0 Å². The number of fused-ring (bicyclic) bond motifs is 1. The number of likely N-dealkylation sites (N-methyl/N-ethyl adjacent to an activating group) is 1. The van der Waals surface area contributed by atoms with E-state index < -0.39 is 10.0 Å². The van der Waals surface area contributed by atoms with Gasteiger partial charge in [-0.15, -0.1) is 0 Å². The minimum atomic E-state index is -3.73. The molecule has 0 radical (unpaired) electrons. The zero-order valence-corrected chi connectivity index (χ0v) is 18.4. The van der Waals surface area contributed by atoms with Gasteiger partial charge in [-0.2, -0.15) is 0 Å². The zero-order valence-electron chi connectivity index (χ0n) is 17.5. The molecule has 2 aromatic carbocycles. The van der Waals surface area contributed by atoms with Crippen LogP contribution in [0.4, 0.5) is 0 Å². The van der Waals surface area contributed by atoms with E-state index in [1.54, 1.807) is 19.1 Å². The molecule has 0 saturated carbocycles. The number of nitrogens with one attached hydrogen (secondary N) is 1. The number of sulfonamides is 1. The van der Waals surface area contributed by atoms with Crippen LogP contribution < -0.4 is 4.72 Å². The minimum Gasteiger partial charge on any atom is -0.334 e. The van der Waals surface area contributed by atoms with Gasteiger partial charge in [-0.3, -0.25) is 4.79 Å². The van der Waals surface area contributed by atoms with Gasteiger partial charge in [0.05, 0.1) is 4.90 Å². The molecule has 7 heteroatoms. The van der Waals surface area contributed by atoms with Gasteiger partial charge in [0, 0.05) is 31.2 Å². The lowest BCUT2D eigenvalue weighted by Crippen LogP contribution is -2.48. The summed E-state index contributed by atoms with van der Waals surface area (Å²) in [5.74, 6) is 0.476. The van der Waals surface area contributed by atoms with Crippen LogP contribution in [0.1, 0.15) is 34.3 Å². The van der Waals surface area contributed by atoms with Gasteiger partial charge >= 0.3 is 0 Å². The number of carbonyl (C=O) groups excluding carboxylic acids is 1. The molecule has 2 aromatic rings. The molecule has 0 unspecified atom stereocenters. The second-order valence-corrected chi connectivity index (χ2v) is 10.2. The summed E-state index contributed by atoms with van der Waals surface area (Å²) in [6.45, 7) is 4.66. The van der Waals surface area contributed by atoms with Crippen molar-refractivity contribution in [3.63, 3.8) is 0 Å². The number of hydrogen-bond donors (Lipinski definition) is 1. The van der Waals surface area contributed by atoms with Crippen molar-refractivity contribution >= 4 is 15.9 Å². The molecular weight excluding hydrogens is 398 g/mol. The molecule has 2 saturated heterocycles. The normalized spacial score (nSPS) is 22.1. The van der Waals surface area contributed by atoms with Gasteiger partial charge in [-0.25, -0.2) is 13.1 Å².